The molecule has 0 aromatic rings. The molecule has 0 bridgehead atoms. The Morgan fingerprint density at radius 2 is 2.31 bits per heavy atom. The van der Waals surface area contributed by atoms with Crippen molar-refractivity contribution in [2.75, 3.05) is 19.8 Å². The molecule has 0 aliphatic heterocycles. The first-order chi connectivity index (χ1) is 6.34. The van der Waals surface area contributed by atoms with Gasteiger partial charge in [-0.3, -0.25) is 4.79 Å². The maximum Gasteiger partial charge on any atom is 0.223 e. The van der Waals surface area contributed by atoms with Crippen molar-refractivity contribution in [3.8, 4) is 0 Å². The molecule has 0 atom stereocenters. The van der Waals surface area contributed by atoms with E-state index in [1.54, 1.807) is 0 Å². The lowest BCUT2D eigenvalue weighted by molar-refractivity contribution is -0.127. The number of carbonyl (C=O) groups is 1. The van der Waals surface area contributed by atoms with E-state index in [1.807, 2.05) is 6.92 Å². The standard InChI is InChI=1S/C10H19NO2/c1-2-13-8-4-7-11-10(12)9-5-3-6-9/h9H,2-8H2,1H3,(H,11,12). The molecular weight excluding hydrogens is 166 g/mol. The highest BCUT2D eigenvalue weighted by atomic mass is 16.5. The Labute approximate surface area is 79.8 Å². The highest BCUT2D eigenvalue weighted by molar-refractivity contribution is 5.79. The van der Waals surface area contributed by atoms with E-state index >= 15 is 0 Å². The number of carbonyl (C=O) groups excluding carboxylic acids is 1. The van der Waals surface area contributed by atoms with Gasteiger partial charge in [0.2, 0.25) is 5.91 Å². The third kappa shape index (κ3) is 3.77. The smallest absolute Gasteiger partial charge is 0.223 e. The van der Waals surface area contributed by atoms with E-state index in [4.69, 9.17) is 4.74 Å². The fourth-order valence-electron chi connectivity index (χ4n) is 1.34. The van der Waals surface area contributed by atoms with Gasteiger partial charge in [0.1, 0.15) is 0 Å². The van der Waals surface area contributed by atoms with Crippen LogP contribution in [0.5, 0.6) is 0 Å². The maximum atomic E-state index is 11.3. The molecular formula is C10H19NO2. The van der Waals surface area contributed by atoms with Gasteiger partial charge in [0.25, 0.3) is 0 Å². The number of hydrogen-bond donors (Lipinski definition) is 1. The molecule has 13 heavy (non-hydrogen) atoms. The van der Waals surface area contributed by atoms with Crippen LogP contribution in [-0.2, 0) is 9.53 Å². The van der Waals surface area contributed by atoms with E-state index in [0.29, 0.717) is 5.92 Å². The van der Waals surface area contributed by atoms with Crippen LogP contribution in [0.25, 0.3) is 0 Å². The first-order valence-corrected chi connectivity index (χ1v) is 5.20. The first-order valence-electron chi connectivity index (χ1n) is 5.20. The summed E-state index contributed by atoms with van der Waals surface area (Å²) in [7, 11) is 0. The Bertz CT molecular complexity index is 155. The van der Waals surface area contributed by atoms with E-state index < -0.39 is 0 Å². The average Bonchev–Trinajstić information content (AvgIpc) is 2.01. The van der Waals surface area contributed by atoms with Gasteiger partial charge in [-0.1, -0.05) is 6.42 Å². The van der Waals surface area contributed by atoms with E-state index in [0.717, 1.165) is 39.0 Å². The molecule has 1 N–H and O–H groups in total. The van der Waals surface area contributed by atoms with Crippen molar-refractivity contribution in [2.24, 2.45) is 5.92 Å². The molecule has 1 amide bonds. The summed E-state index contributed by atoms with van der Waals surface area (Å²) in [6.07, 6.45) is 4.30. The molecule has 0 unspecified atom stereocenters. The van der Waals surface area contributed by atoms with Crippen molar-refractivity contribution in [3.05, 3.63) is 0 Å². The molecule has 0 heterocycles. The van der Waals surface area contributed by atoms with Crippen molar-refractivity contribution < 1.29 is 9.53 Å². The lowest BCUT2D eigenvalue weighted by atomic mass is 9.85. The van der Waals surface area contributed by atoms with Gasteiger partial charge in [-0.05, 0) is 26.2 Å². The predicted octanol–water partition coefficient (Wildman–Crippen LogP) is 1.33. The van der Waals surface area contributed by atoms with Crippen LogP contribution in [-0.4, -0.2) is 25.7 Å². The summed E-state index contributed by atoms with van der Waals surface area (Å²) in [6.45, 7) is 4.25. The van der Waals surface area contributed by atoms with E-state index in [-0.39, 0.29) is 5.91 Å². The summed E-state index contributed by atoms with van der Waals surface area (Å²) < 4.78 is 5.16. The van der Waals surface area contributed by atoms with Gasteiger partial charge in [-0.2, -0.15) is 0 Å². The Morgan fingerprint density at radius 3 is 2.85 bits per heavy atom. The number of rotatable bonds is 6. The SMILES string of the molecule is CCOCCCNC(=O)C1CCC1. The zero-order valence-corrected chi connectivity index (χ0v) is 8.34. The fourth-order valence-corrected chi connectivity index (χ4v) is 1.34. The van der Waals surface area contributed by atoms with Crippen molar-refractivity contribution in [1.82, 2.24) is 5.32 Å². The minimum atomic E-state index is 0.239. The molecule has 76 valence electrons. The van der Waals surface area contributed by atoms with E-state index in [9.17, 15) is 4.79 Å². The van der Waals surface area contributed by atoms with Gasteiger partial charge in [0.15, 0.2) is 0 Å². The van der Waals surface area contributed by atoms with E-state index in [1.165, 1.54) is 6.42 Å². The largest absolute Gasteiger partial charge is 0.382 e. The molecule has 1 aliphatic rings. The number of nitrogens with one attached hydrogen (secondary N) is 1. The zero-order valence-electron chi connectivity index (χ0n) is 8.34. The normalized spacial score (nSPS) is 16.7. The molecule has 1 aliphatic carbocycles. The molecule has 1 rings (SSSR count). The number of hydrogen-bond acceptors (Lipinski definition) is 2. The second-order valence-corrected chi connectivity index (χ2v) is 3.47. The van der Waals surface area contributed by atoms with Crippen LogP contribution in [0.4, 0.5) is 0 Å². The van der Waals surface area contributed by atoms with Crippen LogP contribution in [0.1, 0.15) is 32.6 Å². The Hall–Kier alpha value is -0.570. The highest BCUT2D eigenvalue weighted by Crippen LogP contribution is 2.25. The third-order valence-corrected chi connectivity index (χ3v) is 2.44. The van der Waals surface area contributed by atoms with Crippen molar-refractivity contribution in [1.29, 1.82) is 0 Å². The van der Waals surface area contributed by atoms with Gasteiger partial charge in [0, 0.05) is 25.7 Å². The molecule has 0 radical (unpaired) electrons. The summed E-state index contributed by atoms with van der Waals surface area (Å²) in [5.41, 5.74) is 0. The summed E-state index contributed by atoms with van der Waals surface area (Å²) in [5, 5.41) is 2.92. The highest BCUT2D eigenvalue weighted by Gasteiger charge is 2.24. The molecule has 0 saturated heterocycles. The Kier molecular flexibility index (Phi) is 4.83. The van der Waals surface area contributed by atoms with Crippen LogP contribution in [0.15, 0.2) is 0 Å². The summed E-state index contributed by atoms with van der Waals surface area (Å²) in [6, 6.07) is 0. The lowest BCUT2D eigenvalue weighted by Gasteiger charge is -2.23. The molecule has 1 fully saturated rings. The van der Waals surface area contributed by atoms with Gasteiger partial charge in [0.05, 0.1) is 0 Å². The molecule has 0 aromatic heterocycles. The Balaban J connectivity index is 1.89. The number of ether oxygens (including phenoxy) is 1. The third-order valence-electron chi connectivity index (χ3n) is 2.44. The molecule has 1 saturated carbocycles. The second kappa shape index (κ2) is 5.97. The fraction of sp³-hybridized carbons (Fsp3) is 0.900. The number of amides is 1. The van der Waals surface area contributed by atoms with Gasteiger partial charge in [-0.25, -0.2) is 0 Å². The predicted molar refractivity (Wildman–Crippen MR) is 51.5 cm³/mol. The molecule has 3 nitrogen and oxygen atoms in total. The van der Waals surface area contributed by atoms with Crippen LogP contribution in [0, 0.1) is 5.92 Å². The van der Waals surface area contributed by atoms with Crippen LogP contribution < -0.4 is 5.32 Å². The van der Waals surface area contributed by atoms with Gasteiger partial charge in [-0.15, -0.1) is 0 Å². The van der Waals surface area contributed by atoms with Crippen LogP contribution in [0.3, 0.4) is 0 Å². The minimum Gasteiger partial charge on any atom is -0.382 e. The quantitative estimate of drug-likeness (QED) is 0.634. The van der Waals surface area contributed by atoms with E-state index in [2.05, 4.69) is 5.32 Å². The first kappa shape index (κ1) is 10.5. The van der Waals surface area contributed by atoms with Crippen LogP contribution in [0.2, 0.25) is 0 Å². The maximum absolute atomic E-state index is 11.3. The second-order valence-electron chi connectivity index (χ2n) is 3.47. The monoisotopic (exact) mass is 185 g/mol. The van der Waals surface area contributed by atoms with Gasteiger partial charge >= 0.3 is 0 Å². The molecule has 3 heteroatoms. The molecule has 0 spiro atoms. The topological polar surface area (TPSA) is 38.3 Å². The summed E-state index contributed by atoms with van der Waals surface area (Å²) in [5.74, 6) is 0.551. The summed E-state index contributed by atoms with van der Waals surface area (Å²) in [4.78, 5) is 11.3. The lowest BCUT2D eigenvalue weighted by Crippen LogP contribution is -2.35. The van der Waals surface area contributed by atoms with Gasteiger partial charge < -0.3 is 10.1 Å². The molecule has 0 aromatic carbocycles. The van der Waals surface area contributed by atoms with Crippen molar-refractivity contribution >= 4 is 5.91 Å². The van der Waals surface area contributed by atoms with Crippen molar-refractivity contribution in [3.63, 3.8) is 0 Å². The average molecular weight is 185 g/mol. The zero-order chi connectivity index (χ0) is 9.52. The van der Waals surface area contributed by atoms with Crippen molar-refractivity contribution in [2.45, 2.75) is 32.6 Å². The summed E-state index contributed by atoms with van der Waals surface area (Å²) >= 11 is 0. The Morgan fingerprint density at radius 1 is 1.54 bits per heavy atom. The van der Waals surface area contributed by atoms with Crippen LogP contribution >= 0.6 is 0 Å². The minimum absolute atomic E-state index is 0.239.